The molecule has 1 aliphatic rings. The fourth-order valence-corrected chi connectivity index (χ4v) is 1.77. The summed E-state index contributed by atoms with van der Waals surface area (Å²) < 4.78 is 5.68. The van der Waals surface area contributed by atoms with Crippen molar-refractivity contribution in [1.29, 1.82) is 0 Å². The van der Waals surface area contributed by atoms with E-state index in [1.165, 1.54) is 12.8 Å². The predicted molar refractivity (Wildman–Crippen MR) is 58.9 cm³/mol. The Bertz CT molecular complexity index is 488. The van der Waals surface area contributed by atoms with E-state index >= 15 is 0 Å². The molecular weight excluding hydrogens is 210 g/mol. The summed E-state index contributed by atoms with van der Waals surface area (Å²) in [6.07, 6.45) is 4.18. The molecule has 0 spiro atoms. The summed E-state index contributed by atoms with van der Waals surface area (Å²) in [7, 11) is 0. The normalized spacial score (nSPS) is 15.5. The monoisotopic (exact) mass is 219 g/mol. The molecule has 15 heavy (non-hydrogen) atoms. The molecule has 3 heteroatoms. The molecule has 0 amide bonds. The number of hydrogen-bond acceptors (Lipinski definition) is 2. The van der Waals surface area contributed by atoms with E-state index in [1.807, 2.05) is 24.3 Å². The van der Waals surface area contributed by atoms with Crippen LogP contribution >= 0.6 is 11.6 Å². The predicted octanol–water partition coefficient (Wildman–Crippen LogP) is 3.87. The van der Waals surface area contributed by atoms with Crippen LogP contribution in [0.4, 0.5) is 0 Å². The molecule has 1 heterocycles. The molecule has 0 saturated heterocycles. The van der Waals surface area contributed by atoms with E-state index in [9.17, 15) is 0 Å². The van der Waals surface area contributed by atoms with E-state index in [0.717, 1.165) is 22.2 Å². The average Bonchev–Trinajstić information content (AvgIpc) is 2.97. The maximum atomic E-state index is 5.91. The molecule has 0 radical (unpaired) electrons. The molecule has 1 aliphatic carbocycles. The van der Waals surface area contributed by atoms with E-state index in [1.54, 1.807) is 6.20 Å². The first-order valence-electron chi connectivity index (χ1n) is 5.04. The Kier molecular flexibility index (Phi) is 2.03. The van der Waals surface area contributed by atoms with E-state index < -0.39 is 0 Å². The minimum absolute atomic E-state index is 0.554. The molecule has 3 rings (SSSR count). The van der Waals surface area contributed by atoms with Crippen LogP contribution in [0.1, 0.15) is 24.7 Å². The molecule has 1 aromatic heterocycles. The maximum Gasteiger partial charge on any atom is 0.198 e. The van der Waals surface area contributed by atoms with Gasteiger partial charge in [-0.3, -0.25) is 0 Å². The first-order valence-corrected chi connectivity index (χ1v) is 5.42. The molecule has 76 valence electrons. The highest BCUT2D eigenvalue weighted by Gasteiger charge is 2.28. The number of benzene rings is 1. The molecule has 1 saturated carbocycles. The van der Waals surface area contributed by atoms with Crippen molar-refractivity contribution in [2.75, 3.05) is 0 Å². The Balaban J connectivity index is 1.97. The second-order valence-electron chi connectivity index (χ2n) is 3.85. The third-order valence-electron chi connectivity index (χ3n) is 2.56. The van der Waals surface area contributed by atoms with E-state index in [4.69, 9.17) is 16.0 Å². The first kappa shape index (κ1) is 8.98. The standard InChI is InChI=1S/C12H10ClNO/c13-10-3-1-2-9(6-10)11-7-14-12(15-11)8-4-5-8/h1-3,6-8H,4-5H2. The maximum absolute atomic E-state index is 5.91. The smallest absolute Gasteiger partial charge is 0.198 e. The Labute approximate surface area is 92.9 Å². The van der Waals surface area contributed by atoms with Crippen LogP contribution in [-0.2, 0) is 0 Å². The SMILES string of the molecule is Clc1cccc(-c2cnc(C3CC3)o2)c1. The average molecular weight is 220 g/mol. The molecule has 0 atom stereocenters. The van der Waals surface area contributed by atoms with Gasteiger partial charge in [-0.15, -0.1) is 0 Å². The summed E-state index contributed by atoms with van der Waals surface area (Å²) >= 11 is 5.91. The summed E-state index contributed by atoms with van der Waals surface area (Å²) in [6, 6.07) is 7.63. The van der Waals surface area contributed by atoms with Crippen molar-refractivity contribution in [1.82, 2.24) is 4.98 Å². The number of halogens is 1. The summed E-state index contributed by atoms with van der Waals surface area (Å²) in [5.74, 6) is 2.22. The Morgan fingerprint density at radius 1 is 1.33 bits per heavy atom. The van der Waals surface area contributed by atoms with Crippen molar-refractivity contribution < 1.29 is 4.42 Å². The molecular formula is C12H10ClNO. The minimum Gasteiger partial charge on any atom is -0.440 e. The van der Waals surface area contributed by atoms with Gasteiger partial charge in [0.1, 0.15) is 0 Å². The highest BCUT2D eigenvalue weighted by Crippen LogP contribution is 2.40. The van der Waals surface area contributed by atoms with Crippen molar-refractivity contribution in [2.24, 2.45) is 0 Å². The first-order chi connectivity index (χ1) is 7.33. The van der Waals surface area contributed by atoms with Gasteiger partial charge in [-0.1, -0.05) is 23.7 Å². The van der Waals surface area contributed by atoms with Crippen molar-refractivity contribution in [3.63, 3.8) is 0 Å². The summed E-state index contributed by atoms with van der Waals surface area (Å²) in [4.78, 5) is 4.27. The quantitative estimate of drug-likeness (QED) is 0.766. The van der Waals surface area contributed by atoms with Gasteiger partial charge in [-0.25, -0.2) is 4.98 Å². The summed E-state index contributed by atoms with van der Waals surface area (Å²) in [5.41, 5.74) is 0.988. The molecule has 2 nitrogen and oxygen atoms in total. The van der Waals surface area contributed by atoms with Crippen LogP contribution in [0.15, 0.2) is 34.9 Å². The molecule has 0 aliphatic heterocycles. The lowest BCUT2D eigenvalue weighted by atomic mass is 10.2. The topological polar surface area (TPSA) is 26.0 Å². The van der Waals surface area contributed by atoms with Crippen LogP contribution < -0.4 is 0 Å². The molecule has 0 unspecified atom stereocenters. The second kappa shape index (κ2) is 3.38. The molecule has 1 aromatic carbocycles. The van der Waals surface area contributed by atoms with E-state index in [-0.39, 0.29) is 0 Å². The number of aromatic nitrogens is 1. The fraction of sp³-hybridized carbons (Fsp3) is 0.250. The van der Waals surface area contributed by atoms with E-state index in [0.29, 0.717) is 5.92 Å². The fourth-order valence-electron chi connectivity index (χ4n) is 1.58. The Hall–Kier alpha value is -1.28. The minimum atomic E-state index is 0.554. The van der Waals surface area contributed by atoms with Crippen molar-refractivity contribution in [2.45, 2.75) is 18.8 Å². The van der Waals surface area contributed by atoms with Crippen LogP contribution in [-0.4, -0.2) is 4.98 Å². The third-order valence-corrected chi connectivity index (χ3v) is 2.79. The zero-order chi connectivity index (χ0) is 10.3. The van der Waals surface area contributed by atoms with Crippen LogP contribution in [0.2, 0.25) is 5.02 Å². The lowest BCUT2D eigenvalue weighted by Gasteiger charge is -1.96. The molecule has 1 fully saturated rings. The van der Waals surface area contributed by atoms with Crippen molar-refractivity contribution >= 4 is 11.6 Å². The third kappa shape index (κ3) is 1.77. The van der Waals surface area contributed by atoms with Gasteiger partial charge >= 0.3 is 0 Å². The highest BCUT2D eigenvalue weighted by molar-refractivity contribution is 6.30. The van der Waals surface area contributed by atoms with Crippen molar-refractivity contribution in [3.05, 3.63) is 41.4 Å². The van der Waals surface area contributed by atoms with Gasteiger partial charge in [-0.05, 0) is 25.0 Å². The van der Waals surface area contributed by atoms with Crippen LogP contribution in [0.3, 0.4) is 0 Å². The van der Waals surface area contributed by atoms with Crippen molar-refractivity contribution in [3.8, 4) is 11.3 Å². The lowest BCUT2D eigenvalue weighted by molar-refractivity contribution is 0.509. The van der Waals surface area contributed by atoms with Gasteiger partial charge in [0.25, 0.3) is 0 Å². The van der Waals surface area contributed by atoms with Gasteiger partial charge < -0.3 is 4.42 Å². The van der Waals surface area contributed by atoms with E-state index in [2.05, 4.69) is 4.98 Å². The van der Waals surface area contributed by atoms with Crippen LogP contribution in [0.5, 0.6) is 0 Å². The van der Waals surface area contributed by atoms with Crippen LogP contribution in [0, 0.1) is 0 Å². The molecule has 0 bridgehead atoms. The Morgan fingerprint density at radius 2 is 2.20 bits per heavy atom. The zero-order valence-electron chi connectivity index (χ0n) is 8.11. The number of rotatable bonds is 2. The zero-order valence-corrected chi connectivity index (χ0v) is 8.87. The molecule has 2 aromatic rings. The van der Waals surface area contributed by atoms with Gasteiger partial charge in [0.2, 0.25) is 0 Å². The number of hydrogen-bond donors (Lipinski definition) is 0. The number of nitrogens with zero attached hydrogens (tertiary/aromatic N) is 1. The Morgan fingerprint density at radius 3 is 2.93 bits per heavy atom. The van der Waals surface area contributed by atoms with Crippen LogP contribution in [0.25, 0.3) is 11.3 Å². The second-order valence-corrected chi connectivity index (χ2v) is 4.28. The summed E-state index contributed by atoms with van der Waals surface area (Å²) in [5, 5.41) is 0.719. The van der Waals surface area contributed by atoms with Gasteiger partial charge in [-0.2, -0.15) is 0 Å². The lowest BCUT2D eigenvalue weighted by Crippen LogP contribution is -1.74. The molecule has 0 N–H and O–H groups in total. The largest absolute Gasteiger partial charge is 0.440 e. The van der Waals surface area contributed by atoms with Gasteiger partial charge in [0.05, 0.1) is 6.20 Å². The highest BCUT2D eigenvalue weighted by atomic mass is 35.5. The van der Waals surface area contributed by atoms with Gasteiger partial charge in [0, 0.05) is 16.5 Å². The van der Waals surface area contributed by atoms with Gasteiger partial charge in [0.15, 0.2) is 11.7 Å². The summed E-state index contributed by atoms with van der Waals surface area (Å²) in [6.45, 7) is 0. The number of oxazole rings is 1.